The van der Waals surface area contributed by atoms with Gasteiger partial charge in [-0.2, -0.15) is 0 Å². The number of benzene rings is 6. The molecule has 1 aliphatic heterocycles. The summed E-state index contributed by atoms with van der Waals surface area (Å²) in [5.74, 6) is 0. The largest absolute Gasteiger partial charge is 0.314 e. The maximum absolute atomic E-state index is 4.50. The zero-order valence-corrected chi connectivity index (χ0v) is 32.5. The predicted molar refractivity (Wildman–Crippen MR) is 246 cm³/mol. The first-order valence-electron chi connectivity index (χ1n) is 18.7. The quantitative estimate of drug-likeness (QED) is 0.136. The van der Waals surface area contributed by atoms with Crippen LogP contribution < -0.4 is 9.80 Å². The van der Waals surface area contributed by atoms with Gasteiger partial charge in [-0.3, -0.25) is 0 Å². The third kappa shape index (κ3) is 7.81. The average Bonchev–Trinajstić information content (AvgIpc) is 3.64. The highest BCUT2D eigenvalue weighted by molar-refractivity contribution is 7.26. The predicted octanol–water partition coefficient (Wildman–Crippen LogP) is 15.4. The smallest absolute Gasteiger partial charge is 0.0628 e. The minimum absolute atomic E-state index is 0.908. The van der Waals surface area contributed by atoms with Crippen molar-refractivity contribution in [3.63, 3.8) is 0 Å². The van der Waals surface area contributed by atoms with E-state index in [9.17, 15) is 0 Å². The molecule has 6 aromatic carbocycles. The molecule has 8 rings (SSSR count). The number of rotatable bonds is 9. The molecule has 2 heterocycles. The molecule has 0 bridgehead atoms. The van der Waals surface area contributed by atoms with Crippen LogP contribution in [0.15, 0.2) is 249 Å². The number of nitrogens with zero attached hydrogens (tertiary/aromatic N) is 2. The summed E-state index contributed by atoms with van der Waals surface area (Å²) >= 11 is 1.86. The fourth-order valence-corrected chi connectivity index (χ4v) is 8.20. The second-order valence-corrected chi connectivity index (χ2v) is 14.2. The van der Waals surface area contributed by atoms with Gasteiger partial charge in [0.05, 0.1) is 11.4 Å². The summed E-state index contributed by atoms with van der Waals surface area (Å²) in [7, 11) is 0. The lowest BCUT2D eigenvalue weighted by atomic mass is 10.00. The molecular weight excluding hydrogens is 697 g/mol. The van der Waals surface area contributed by atoms with Gasteiger partial charge in [-0.05, 0) is 89.4 Å². The van der Waals surface area contributed by atoms with E-state index in [2.05, 4.69) is 212 Å². The van der Waals surface area contributed by atoms with Crippen molar-refractivity contribution in [2.75, 3.05) is 9.80 Å². The van der Waals surface area contributed by atoms with Crippen LogP contribution in [0.4, 0.5) is 17.1 Å². The Morgan fingerprint density at radius 3 is 1.82 bits per heavy atom. The SMILES string of the molecule is C=C/C1=C(\C=C/C)C(=C)/C=C\C(N(c2ccc(-c3ccccc3)cc2)c2ccc(-c3cccc4c3sc3ccccc34)cc2)=C/N1c1ccccc1.C=CC=C. The summed E-state index contributed by atoms with van der Waals surface area (Å²) in [5, 5.41) is 2.61. The Bertz CT molecular complexity index is 2630. The maximum Gasteiger partial charge on any atom is 0.0628 e. The zero-order valence-electron chi connectivity index (χ0n) is 31.7. The Kier molecular flexibility index (Phi) is 11.7. The van der Waals surface area contributed by atoms with Gasteiger partial charge < -0.3 is 9.80 Å². The van der Waals surface area contributed by atoms with Crippen LogP contribution in [-0.2, 0) is 0 Å². The summed E-state index contributed by atoms with van der Waals surface area (Å²) < 4.78 is 2.62. The molecule has 1 aromatic heterocycles. The van der Waals surface area contributed by atoms with Crippen molar-refractivity contribution in [1.82, 2.24) is 0 Å². The highest BCUT2D eigenvalue weighted by Gasteiger charge is 2.21. The van der Waals surface area contributed by atoms with Crippen LogP contribution in [0, 0.1) is 0 Å². The molecule has 0 aliphatic carbocycles. The van der Waals surface area contributed by atoms with Gasteiger partial charge in [0.25, 0.3) is 0 Å². The number of anilines is 3. The van der Waals surface area contributed by atoms with E-state index in [-0.39, 0.29) is 0 Å². The molecule has 0 N–H and O–H groups in total. The Morgan fingerprint density at radius 1 is 0.589 bits per heavy atom. The molecule has 1 aliphatic rings. The van der Waals surface area contributed by atoms with Gasteiger partial charge >= 0.3 is 0 Å². The molecule has 7 aromatic rings. The highest BCUT2D eigenvalue weighted by Crippen LogP contribution is 2.41. The van der Waals surface area contributed by atoms with Crippen LogP contribution in [0.3, 0.4) is 0 Å². The third-order valence-electron chi connectivity index (χ3n) is 9.66. The molecule has 0 radical (unpaired) electrons. The summed E-state index contributed by atoms with van der Waals surface area (Å²) in [6, 6.07) is 54.1. The fourth-order valence-electron chi connectivity index (χ4n) is 6.96. The summed E-state index contributed by atoms with van der Waals surface area (Å²) in [5.41, 5.74) is 11.8. The maximum atomic E-state index is 4.50. The molecule has 0 spiro atoms. The molecule has 0 amide bonds. The van der Waals surface area contributed by atoms with Gasteiger partial charge in [0.1, 0.15) is 0 Å². The van der Waals surface area contributed by atoms with Crippen molar-refractivity contribution < 1.29 is 0 Å². The first kappa shape index (κ1) is 37.4. The monoisotopic (exact) mass is 740 g/mol. The topological polar surface area (TPSA) is 6.48 Å². The Hall–Kier alpha value is -6.94. The van der Waals surface area contributed by atoms with Crippen molar-refractivity contribution in [2.24, 2.45) is 0 Å². The van der Waals surface area contributed by atoms with E-state index >= 15 is 0 Å². The van der Waals surface area contributed by atoms with Crippen LogP contribution in [0.25, 0.3) is 42.4 Å². The molecule has 0 saturated carbocycles. The van der Waals surface area contributed by atoms with Gasteiger partial charge in [0.15, 0.2) is 0 Å². The number of hydrogen-bond acceptors (Lipinski definition) is 3. The second-order valence-electron chi connectivity index (χ2n) is 13.2. The first-order valence-corrected chi connectivity index (χ1v) is 19.5. The number of hydrogen-bond donors (Lipinski definition) is 0. The normalized spacial score (nSPS) is 15.6. The molecule has 3 heteroatoms. The van der Waals surface area contributed by atoms with E-state index in [4.69, 9.17) is 0 Å². The van der Waals surface area contributed by atoms with Crippen LogP contribution in [0.2, 0.25) is 0 Å². The lowest BCUT2D eigenvalue weighted by Gasteiger charge is -2.32. The van der Waals surface area contributed by atoms with Gasteiger partial charge in [-0.1, -0.05) is 166 Å². The van der Waals surface area contributed by atoms with Crippen LogP contribution in [0.1, 0.15) is 6.92 Å². The third-order valence-corrected chi connectivity index (χ3v) is 10.9. The van der Waals surface area contributed by atoms with Gasteiger partial charge in [-0.15, -0.1) is 11.3 Å². The van der Waals surface area contributed by atoms with Crippen molar-refractivity contribution in [3.8, 4) is 22.3 Å². The molecule has 2 nitrogen and oxygen atoms in total. The van der Waals surface area contributed by atoms with Crippen LogP contribution in [-0.4, -0.2) is 0 Å². The fraction of sp³-hybridized carbons (Fsp3) is 0.0189. The average molecular weight is 741 g/mol. The number of fused-ring (bicyclic) bond motifs is 3. The highest BCUT2D eigenvalue weighted by atomic mass is 32.1. The summed E-state index contributed by atoms with van der Waals surface area (Å²) in [6.07, 6.45) is 15.8. The van der Waals surface area contributed by atoms with Gasteiger partial charge in [-0.25, -0.2) is 0 Å². The van der Waals surface area contributed by atoms with Crippen molar-refractivity contribution >= 4 is 48.6 Å². The minimum Gasteiger partial charge on any atom is -0.314 e. The Labute approximate surface area is 335 Å². The molecule has 0 atom stereocenters. The zero-order chi connectivity index (χ0) is 38.9. The van der Waals surface area contributed by atoms with Crippen molar-refractivity contribution in [2.45, 2.75) is 6.92 Å². The number of allylic oxidation sites excluding steroid dienone is 9. The van der Waals surface area contributed by atoms with Crippen molar-refractivity contribution in [1.29, 1.82) is 0 Å². The molecule has 0 saturated heterocycles. The summed E-state index contributed by atoms with van der Waals surface area (Å²) in [4.78, 5) is 4.54. The Morgan fingerprint density at radius 2 is 1.18 bits per heavy atom. The molecule has 0 fully saturated rings. The molecule has 272 valence electrons. The Balaban J connectivity index is 0.00000115. The minimum atomic E-state index is 0.908. The second kappa shape index (κ2) is 17.5. The van der Waals surface area contributed by atoms with E-state index in [1.165, 1.54) is 42.4 Å². The number of thiophene rings is 1. The van der Waals surface area contributed by atoms with E-state index in [1.807, 2.05) is 30.4 Å². The lowest BCUT2D eigenvalue weighted by molar-refractivity contribution is 1.11. The first-order chi connectivity index (χ1) is 27.5. The van der Waals surface area contributed by atoms with E-state index < -0.39 is 0 Å². The summed E-state index contributed by atoms with van der Waals surface area (Å²) in [6.45, 7) is 17.5. The molecule has 0 unspecified atom stereocenters. The van der Waals surface area contributed by atoms with E-state index in [0.29, 0.717) is 0 Å². The standard InChI is InChI=1S/C49H38N2S.C4H6/c1-4-15-43-35(3)24-29-42(34-50(47(43)5-2)39-18-10-7-11-19-39)51(40-30-25-37(26-31-40)36-16-8-6-9-17-36)41-32-27-38(28-33-41)44-21-14-22-46-45-20-12-13-23-48(45)52-49(44)46;1-3-4-2/h4-34H,2-3H2,1H3;3-4H,1-2H2/b15-4-,29-24-,42-34+,47-43-;. The number of para-hydroxylation sites is 1. The van der Waals surface area contributed by atoms with Gasteiger partial charge in [0.2, 0.25) is 0 Å². The molecular formula is C53H44N2S. The van der Waals surface area contributed by atoms with Gasteiger partial charge in [0, 0.05) is 49.0 Å². The van der Waals surface area contributed by atoms with E-state index in [1.54, 1.807) is 12.2 Å². The lowest BCUT2D eigenvalue weighted by Crippen LogP contribution is -2.23. The van der Waals surface area contributed by atoms with Crippen molar-refractivity contribution in [3.05, 3.63) is 249 Å². The van der Waals surface area contributed by atoms with E-state index in [0.717, 1.165) is 39.6 Å². The van der Waals surface area contributed by atoms with Crippen LogP contribution >= 0.6 is 11.3 Å². The van der Waals surface area contributed by atoms with Crippen LogP contribution in [0.5, 0.6) is 0 Å². The molecule has 56 heavy (non-hydrogen) atoms.